The van der Waals surface area contributed by atoms with Crippen LogP contribution in [0.1, 0.15) is 74.3 Å². The highest BCUT2D eigenvalue weighted by molar-refractivity contribution is 6.10. The summed E-state index contributed by atoms with van der Waals surface area (Å²) in [6.45, 7) is 7.39. The highest BCUT2D eigenvalue weighted by Crippen LogP contribution is 2.44. The quantitative estimate of drug-likeness (QED) is 0.213. The van der Waals surface area contributed by atoms with Gasteiger partial charge in [-0.3, -0.25) is 9.48 Å². The normalized spacial score (nSPS) is 18.3. The Kier molecular flexibility index (Phi) is 7.53. The number of benzene rings is 2. The van der Waals surface area contributed by atoms with Gasteiger partial charge in [-0.2, -0.15) is 5.10 Å². The van der Waals surface area contributed by atoms with Crippen LogP contribution in [0.3, 0.4) is 0 Å². The molecule has 0 bridgehead atoms. The van der Waals surface area contributed by atoms with Crippen molar-refractivity contribution in [2.75, 3.05) is 31.1 Å². The van der Waals surface area contributed by atoms with E-state index < -0.39 is 5.60 Å². The summed E-state index contributed by atoms with van der Waals surface area (Å²) in [4.78, 5) is 42.3. The first-order valence-electron chi connectivity index (χ1n) is 16.9. The standard InChI is InChI=1S/C37H39N7O5/c1-37(2,3)49-36(47)42-13-5-6-25(20-42)44-19-24(18-40-44)29-17-28-32(38-21-39-34(28)41-29)27-7-4-8-30(33(27)45)43-14-15-48-31-16-23(22-9-10-22)11-12-26(31)35(43)46/h4,7-8,11-12,16-19,21-22,25,45H,5-6,9-10,13-15,20H2,1-3H3,(H,38,39,41). The van der Waals surface area contributed by atoms with Crippen molar-refractivity contribution in [1.29, 1.82) is 0 Å². The Morgan fingerprint density at radius 1 is 1.06 bits per heavy atom. The number of nitrogens with one attached hydrogen (secondary N) is 1. The number of para-hydroxylation sites is 1. The maximum atomic E-state index is 13.8. The number of aromatic amines is 1. The zero-order chi connectivity index (χ0) is 33.9. The van der Waals surface area contributed by atoms with Crippen LogP contribution in [-0.4, -0.2) is 78.6 Å². The largest absolute Gasteiger partial charge is 0.505 e. The molecule has 49 heavy (non-hydrogen) atoms. The van der Waals surface area contributed by atoms with Crippen LogP contribution in [-0.2, 0) is 4.74 Å². The van der Waals surface area contributed by atoms with Gasteiger partial charge >= 0.3 is 6.09 Å². The van der Waals surface area contributed by atoms with E-state index in [0.29, 0.717) is 59.5 Å². The molecule has 5 heterocycles. The zero-order valence-electron chi connectivity index (χ0n) is 27.8. The predicted octanol–water partition coefficient (Wildman–Crippen LogP) is 6.68. The lowest BCUT2D eigenvalue weighted by Gasteiger charge is -2.34. The number of carbonyl (C=O) groups is 2. The van der Waals surface area contributed by atoms with Crippen LogP contribution < -0.4 is 9.64 Å². The minimum Gasteiger partial charge on any atom is -0.505 e. The van der Waals surface area contributed by atoms with E-state index >= 15 is 0 Å². The molecule has 3 aromatic heterocycles. The van der Waals surface area contributed by atoms with Gasteiger partial charge in [0.15, 0.2) is 0 Å². The van der Waals surface area contributed by atoms with E-state index in [1.165, 1.54) is 24.7 Å². The molecule has 2 fully saturated rings. The second-order valence-corrected chi connectivity index (χ2v) is 14.1. The van der Waals surface area contributed by atoms with Crippen molar-refractivity contribution in [1.82, 2.24) is 29.6 Å². The lowest BCUT2D eigenvalue weighted by atomic mass is 10.0. The number of amides is 2. The average molecular weight is 662 g/mol. The van der Waals surface area contributed by atoms with Gasteiger partial charge in [-0.15, -0.1) is 0 Å². The average Bonchev–Trinajstić information content (AvgIpc) is 3.69. The van der Waals surface area contributed by atoms with Gasteiger partial charge in [0.2, 0.25) is 0 Å². The molecule has 2 aromatic carbocycles. The molecule has 1 saturated carbocycles. The number of phenols is 1. The number of piperidine rings is 1. The molecule has 0 spiro atoms. The third-order valence-electron chi connectivity index (χ3n) is 9.42. The smallest absolute Gasteiger partial charge is 0.410 e. The van der Waals surface area contributed by atoms with Gasteiger partial charge in [-0.05, 0) is 88.3 Å². The lowest BCUT2D eigenvalue weighted by molar-refractivity contribution is 0.0167. The fourth-order valence-corrected chi connectivity index (χ4v) is 6.82. The van der Waals surface area contributed by atoms with E-state index in [4.69, 9.17) is 9.47 Å². The fourth-order valence-electron chi connectivity index (χ4n) is 6.82. The van der Waals surface area contributed by atoms with Gasteiger partial charge in [0.1, 0.15) is 35.7 Å². The highest BCUT2D eigenvalue weighted by Gasteiger charge is 2.31. The molecule has 5 aromatic rings. The summed E-state index contributed by atoms with van der Waals surface area (Å²) in [5.74, 6) is 0.879. The number of hydrogen-bond acceptors (Lipinski definition) is 8. The highest BCUT2D eigenvalue weighted by atomic mass is 16.6. The number of aromatic hydroxyl groups is 1. The molecular weight excluding hydrogens is 622 g/mol. The van der Waals surface area contributed by atoms with Gasteiger partial charge < -0.3 is 29.4 Å². The van der Waals surface area contributed by atoms with Crippen LogP contribution in [0.2, 0.25) is 0 Å². The SMILES string of the molecule is CC(C)(C)OC(=O)N1CCCC(n2cc(-c3cc4c(-c5cccc(N6CCOc7cc(C8CC8)ccc7C6=O)c5O)ncnc4[nH]3)cn2)C1. The van der Waals surface area contributed by atoms with Gasteiger partial charge in [0.05, 0.1) is 41.4 Å². The number of carbonyl (C=O) groups excluding carboxylic acids is 2. The summed E-state index contributed by atoms with van der Waals surface area (Å²) >= 11 is 0. The van der Waals surface area contributed by atoms with Crippen LogP contribution in [0, 0.1) is 0 Å². The minimum atomic E-state index is -0.552. The van der Waals surface area contributed by atoms with Crippen molar-refractivity contribution in [2.45, 2.75) is 64.0 Å². The summed E-state index contributed by atoms with van der Waals surface area (Å²) in [7, 11) is 0. The first kappa shape index (κ1) is 30.9. The van der Waals surface area contributed by atoms with Crippen molar-refractivity contribution in [3.63, 3.8) is 0 Å². The number of fused-ring (bicyclic) bond motifs is 2. The van der Waals surface area contributed by atoms with E-state index in [9.17, 15) is 14.7 Å². The maximum absolute atomic E-state index is 13.8. The summed E-state index contributed by atoms with van der Waals surface area (Å²) in [6, 6.07) is 13.2. The lowest BCUT2D eigenvalue weighted by Crippen LogP contribution is -2.43. The Hall–Kier alpha value is -5.39. The van der Waals surface area contributed by atoms with Crippen LogP contribution in [0.15, 0.2) is 61.2 Å². The first-order chi connectivity index (χ1) is 23.6. The molecule has 8 rings (SSSR count). The van der Waals surface area contributed by atoms with Crippen molar-refractivity contribution in [3.05, 3.63) is 72.3 Å². The van der Waals surface area contributed by atoms with Gasteiger partial charge in [-0.25, -0.2) is 14.8 Å². The Bertz CT molecular complexity index is 2070. The summed E-state index contributed by atoms with van der Waals surface area (Å²) < 4.78 is 13.5. The van der Waals surface area contributed by atoms with Gasteiger partial charge in [-0.1, -0.05) is 12.1 Å². The summed E-state index contributed by atoms with van der Waals surface area (Å²) in [5, 5.41) is 17.0. The van der Waals surface area contributed by atoms with E-state index in [0.717, 1.165) is 29.5 Å². The monoisotopic (exact) mass is 661 g/mol. The molecule has 12 nitrogen and oxygen atoms in total. The van der Waals surface area contributed by atoms with Crippen molar-refractivity contribution in [3.8, 4) is 34.0 Å². The molecule has 3 aliphatic rings. The molecule has 252 valence electrons. The number of phenolic OH excluding ortho intramolecular Hbond substituents is 1. The third kappa shape index (κ3) is 5.96. The van der Waals surface area contributed by atoms with E-state index in [1.54, 1.807) is 28.1 Å². The molecular formula is C37H39N7O5. The molecule has 12 heteroatoms. The first-order valence-corrected chi connectivity index (χ1v) is 16.9. The molecule has 0 radical (unpaired) electrons. The minimum absolute atomic E-state index is 0.0220. The van der Waals surface area contributed by atoms with E-state index in [2.05, 4.69) is 20.1 Å². The number of hydrogen-bond donors (Lipinski definition) is 2. The Labute approximate surface area is 283 Å². The molecule has 2 N–H and O–H groups in total. The molecule has 2 amide bonds. The summed E-state index contributed by atoms with van der Waals surface area (Å²) in [6.07, 6.45) is 9.00. The molecule has 2 aliphatic heterocycles. The van der Waals surface area contributed by atoms with Crippen LogP contribution in [0.5, 0.6) is 11.5 Å². The third-order valence-corrected chi connectivity index (χ3v) is 9.42. The second-order valence-electron chi connectivity index (χ2n) is 14.1. The van der Waals surface area contributed by atoms with Crippen LogP contribution in [0.4, 0.5) is 10.5 Å². The van der Waals surface area contributed by atoms with Crippen molar-refractivity contribution >= 4 is 28.7 Å². The topological polar surface area (TPSA) is 139 Å². The van der Waals surface area contributed by atoms with Crippen LogP contribution >= 0.6 is 0 Å². The zero-order valence-corrected chi connectivity index (χ0v) is 27.8. The Morgan fingerprint density at radius 2 is 1.92 bits per heavy atom. The number of likely N-dealkylation sites (tertiary alicyclic amines) is 1. The van der Waals surface area contributed by atoms with E-state index in [1.807, 2.05) is 62.0 Å². The maximum Gasteiger partial charge on any atom is 0.410 e. The molecule has 1 saturated heterocycles. The number of rotatable bonds is 5. The van der Waals surface area contributed by atoms with E-state index in [-0.39, 0.29) is 30.3 Å². The second kappa shape index (κ2) is 11.9. The number of nitrogens with zero attached hydrogens (tertiary/aromatic N) is 6. The van der Waals surface area contributed by atoms with Gasteiger partial charge in [0, 0.05) is 35.8 Å². The predicted molar refractivity (Wildman–Crippen MR) is 184 cm³/mol. The van der Waals surface area contributed by atoms with Crippen LogP contribution in [0.25, 0.3) is 33.5 Å². The van der Waals surface area contributed by atoms with Crippen molar-refractivity contribution in [2.24, 2.45) is 0 Å². The number of H-pyrrole nitrogens is 1. The fraction of sp³-hybridized carbons (Fsp3) is 0.378. The number of aromatic nitrogens is 5. The van der Waals surface area contributed by atoms with Gasteiger partial charge in [0.25, 0.3) is 5.91 Å². The molecule has 1 atom stereocenters. The number of ether oxygens (including phenoxy) is 2. The Balaban J connectivity index is 1.06. The number of anilines is 1. The summed E-state index contributed by atoms with van der Waals surface area (Å²) in [5.41, 5.74) is 4.80. The molecule has 1 unspecified atom stereocenters. The van der Waals surface area contributed by atoms with Crippen molar-refractivity contribution < 1.29 is 24.2 Å². The Morgan fingerprint density at radius 3 is 2.73 bits per heavy atom. The molecule has 1 aliphatic carbocycles.